The van der Waals surface area contributed by atoms with E-state index in [4.69, 9.17) is 23.2 Å². The minimum atomic E-state index is 0.256. The van der Waals surface area contributed by atoms with Gasteiger partial charge in [-0.1, -0.05) is 55.5 Å². The summed E-state index contributed by atoms with van der Waals surface area (Å²) in [5, 5.41) is 5.39. The largest absolute Gasteiger partial charge is 0.363 e. The van der Waals surface area contributed by atoms with Crippen LogP contribution in [0.25, 0.3) is 0 Å². The SMILES string of the molecule is CCC1CNC2(CCCCC2)CN1c1c(Cl)cccc1Cl. The predicted molar refractivity (Wildman–Crippen MR) is 91.7 cm³/mol. The molecule has 1 heterocycles. The number of hydrogen-bond acceptors (Lipinski definition) is 2. The van der Waals surface area contributed by atoms with Crippen LogP contribution >= 0.6 is 23.2 Å². The zero-order chi connectivity index (χ0) is 14.9. The Labute approximate surface area is 137 Å². The standard InChI is InChI=1S/C17H24Cl2N2/c1-2-13-11-20-17(9-4-3-5-10-17)12-21(13)16-14(18)7-6-8-15(16)19/h6-8,13,20H,2-5,9-12H2,1H3. The van der Waals surface area contributed by atoms with Crippen LogP contribution in [0.3, 0.4) is 0 Å². The molecule has 1 atom stereocenters. The third kappa shape index (κ3) is 3.04. The van der Waals surface area contributed by atoms with Crippen molar-refractivity contribution in [3.8, 4) is 0 Å². The summed E-state index contributed by atoms with van der Waals surface area (Å²) in [6.45, 7) is 4.29. The maximum absolute atomic E-state index is 6.47. The molecule has 1 saturated carbocycles. The maximum Gasteiger partial charge on any atom is 0.0748 e. The van der Waals surface area contributed by atoms with Crippen molar-refractivity contribution in [2.24, 2.45) is 0 Å². The van der Waals surface area contributed by atoms with Crippen LogP contribution in [0.5, 0.6) is 0 Å². The van der Waals surface area contributed by atoms with Crippen molar-refractivity contribution in [2.75, 3.05) is 18.0 Å². The minimum Gasteiger partial charge on any atom is -0.363 e. The summed E-state index contributed by atoms with van der Waals surface area (Å²) in [6.07, 6.45) is 7.66. The third-order valence-electron chi connectivity index (χ3n) is 5.13. The molecule has 1 aliphatic heterocycles. The number of rotatable bonds is 2. The zero-order valence-corrected chi connectivity index (χ0v) is 14.2. The molecule has 2 fully saturated rings. The molecule has 3 rings (SSSR count). The molecule has 21 heavy (non-hydrogen) atoms. The second-order valence-electron chi connectivity index (χ2n) is 6.48. The summed E-state index contributed by atoms with van der Waals surface area (Å²) in [7, 11) is 0. The first kappa shape index (κ1) is 15.5. The Kier molecular flexibility index (Phi) is 4.68. The number of benzene rings is 1. The highest BCUT2D eigenvalue weighted by Gasteiger charge is 2.40. The van der Waals surface area contributed by atoms with Crippen LogP contribution in [-0.4, -0.2) is 24.7 Å². The smallest absolute Gasteiger partial charge is 0.0748 e. The number of nitrogens with one attached hydrogen (secondary N) is 1. The summed E-state index contributed by atoms with van der Waals surface area (Å²) in [5.41, 5.74) is 1.28. The number of hydrogen-bond donors (Lipinski definition) is 1. The van der Waals surface area contributed by atoms with Crippen molar-refractivity contribution in [3.05, 3.63) is 28.2 Å². The van der Waals surface area contributed by atoms with Gasteiger partial charge in [-0.3, -0.25) is 0 Å². The van der Waals surface area contributed by atoms with Gasteiger partial charge in [-0.05, 0) is 31.4 Å². The first-order valence-electron chi connectivity index (χ1n) is 8.11. The first-order chi connectivity index (χ1) is 10.2. The molecule has 2 nitrogen and oxygen atoms in total. The average Bonchev–Trinajstić information content (AvgIpc) is 2.48. The van der Waals surface area contributed by atoms with Crippen LogP contribution in [0.15, 0.2) is 18.2 Å². The van der Waals surface area contributed by atoms with E-state index in [0.717, 1.165) is 35.2 Å². The van der Waals surface area contributed by atoms with Gasteiger partial charge in [0, 0.05) is 24.7 Å². The topological polar surface area (TPSA) is 15.3 Å². The second-order valence-corrected chi connectivity index (χ2v) is 7.30. The van der Waals surface area contributed by atoms with Gasteiger partial charge in [-0.25, -0.2) is 0 Å². The molecule has 0 amide bonds. The lowest BCUT2D eigenvalue weighted by Crippen LogP contribution is -2.65. The highest BCUT2D eigenvalue weighted by atomic mass is 35.5. The fourth-order valence-corrected chi connectivity index (χ4v) is 4.52. The van der Waals surface area contributed by atoms with Crippen molar-refractivity contribution < 1.29 is 0 Å². The molecule has 1 aliphatic carbocycles. The number of halogens is 2. The van der Waals surface area contributed by atoms with Gasteiger partial charge in [0.15, 0.2) is 0 Å². The molecule has 1 N–H and O–H groups in total. The summed E-state index contributed by atoms with van der Waals surface area (Å²) in [6, 6.07) is 6.29. The molecule has 1 unspecified atom stereocenters. The Morgan fingerprint density at radius 3 is 2.48 bits per heavy atom. The van der Waals surface area contributed by atoms with E-state index in [9.17, 15) is 0 Å². The molecular formula is C17H24Cl2N2. The molecule has 116 valence electrons. The van der Waals surface area contributed by atoms with E-state index in [0.29, 0.717) is 6.04 Å². The van der Waals surface area contributed by atoms with Gasteiger partial charge in [-0.2, -0.15) is 0 Å². The van der Waals surface area contributed by atoms with Crippen LogP contribution in [0.2, 0.25) is 10.0 Å². The normalized spacial score (nSPS) is 25.3. The number of nitrogens with zero attached hydrogens (tertiary/aromatic N) is 1. The zero-order valence-electron chi connectivity index (χ0n) is 12.7. The Balaban J connectivity index is 1.92. The minimum absolute atomic E-state index is 0.256. The van der Waals surface area contributed by atoms with Crippen molar-refractivity contribution >= 4 is 28.9 Å². The monoisotopic (exact) mass is 326 g/mol. The number of piperazine rings is 1. The number of anilines is 1. The fourth-order valence-electron chi connectivity index (χ4n) is 3.91. The van der Waals surface area contributed by atoms with Crippen LogP contribution in [0.4, 0.5) is 5.69 Å². The molecular weight excluding hydrogens is 303 g/mol. The first-order valence-corrected chi connectivity index (χ1v) is 8.86. The van der Waals surface area contributed by atoms with Crippen molar-refractivity contribution in [1.29, 1.82) is 0 Å². The van der Waals surface area contributed by atoms with E-state index >= 15 is 0 Å². The molecule has 1 saturated heterocycles. The summed E-state index contributed by atoms with van der Waals surface area (Å²) in [4.78, 5) is 2.46. The van der Waals surface area contributed by atoms with Crippen molar-refractivity contribution in [3.63, 3.8) is 0 Å². The van der Waals surface area contributed by atoms with E-state index < -0.39 is 0 Å². The van der Waals surface area contributed by atoms with E-state index in [1.54, 1.807) is 0 Å². The van der Waals surface area contributed by atoms with E-state index in [-0.39, 0.29) is 5.54 Å². The van der Waals surface area contributed by atoms with Gasteiger partial charge in [0.1, 0.15) is 0 Å². The lowest BCUT2D eigenvalue weighted by molar-refractivity contribution is 0.196. The van der Waals surface area contributed by atoms with Crippen LogP contribution in [-0.2, 0) is 0 Å². The van der Waals surface area contributed by atoms with Gasteiger partial charge in [0.05, 0.1) is 15.7 Å². The van der Waals surface area contributed by atoms with Crippen molar-refractivity contribution in [2.45, 2.75) is 57.0 Å². The van der Waals surface area contributed by atoms with Crippen LogP contribution < -0.4 is 10.2 Å². The van der Waals surface area contributed by atoms with E-state index in [1.165, 1.54) is 32.1 Å². The summed E-state index contributed by atoms with van der Waals surface area (Å²) >= 11 is 12.9. The Hall–Kier alpha value is -0.440. The predicted octanol–water partition coefficient (Wildman–Crippen LogP) is 4.88. The second kappa shape index (κ2) is 6.36. The third-order valence-corrected chi connectivity index (χ3v) is 5.74. The molecule has 0 bridgehead atoms. The fraction of sp³-hybridized carbons (Fsp3) is 0.647. The van der Waals surface area contributed by atoms with Gasteiger partial charge < -0.3 is 10.2 Å². The van der Waals surface area contributed by atoms with Gasteiger partial charge in [0.2, 0.25) is 0 Å². The average molecular weight is 327 g/mol. The number of para-hydroxylation sites is 1. The molecule has 1 aromatic carbocycles. The molecule has 2 aliphatic rings. The van der Waals surface area contributed by atoms with E-state index in [2.05, 4.69) is 17.1 Å². The quantitative estimate of drug-likeness (QED) is 0.832. The summed E-state index contributed by atoms with van der Waals surface area (Å²) < 4.78 is 0. The van der Waals surface area contributed by atoms with Crippen LogP contribution in [0, 0.1) is 0 Å². The Morgan fingerprint density at radius 1 is 1.19 bits per heavy atom. The van der Waals surface area contributed by atoms with Gasteiger partial charge >= 0.3 is 0 Å². The van der Waals surface area contributed by atoms with E-state index in [1.807, 2.05) is 18.2 Å². The summed E-state index contributed by atoms with van der Waals surface area (Å²) in [5.74, 6) is 0. The lowest BCUT2D eigenvalue weighted by Gasteiger charge is -2.51. The molecule has 1 aromatic rings. The molecule has 4 heteroatoms. The molecule has 0 aromatic heterocycles. The lowest BCUT2D eigenvalue weighted by atomic mass is 9.79. The molecule has 0 radical (unpaired) electrons. The van der Waals surface area contributed by atoms with Crippen molar-refractivity contribution in [1.82, 2.24) is 5.32 Å². The molecule has 1 spiro atoms. The highest BCUT2D eigenvalue weighted by molar-refractivity contribution is 6.39. The Bertz CT molecular complexity index is 477. The van der Waals surface area contributed by atoms with Crippen LogP contribution in [0.1, 0.15) is 45.4 Å². The van der Waals surface area contributed by atoms with Gasteiger partial charge in [-0.15, -0.1) is 0 Å². The maximum atomic E-state index is 6.47. The highest BCUT2D eigenvalue weighted by Crippen LogP contribution is 2.40. The Morgan fingerprint density at radius 2 is 1.86 bits per heavy atom. The van der Waals surface area contributed by atoms with Gasteiger partial charge in [0.25, 0.3) is 0 Å².